The Balaban J connectivity index is 1.93. The molecule has 0 aromatic rings. The third-order valence-corrected chi connectivity index (χ3v) is 3.92. The van der Waals surface area contributed by atoms with Crippen LogP contribution >= 0.6 is 0 Å². The predicted octanol–water partition coefficient (Wildman–Crippen LogP) is 0.293. The van der Waals surface area contributed by atoms with E-state index in [-0.39, 0.29) is 18.7 Å². The van der Waals surface area contributed by atoms with Crippen LogP contribution in [-0.4, -0.2) is 84.9 Å². The topological polar surface area (TPSA) is 65.0 Å². The second-order valence-electron chi connectivity index (χ2n) is 5.36. The minimum atomic E-state index is -2.45. The predicted molar refractivity (Wildman–Crippen MR) is 68.2 cm³/mol. The van der Waals surface area contributed by atoms with Gasteiger partial charge < -0.3 is 20.1 Å². The summed E-state index contributed by atoms with van der Waals surface area (Å²) in [5.41, 5.74) is 0. The Morgan fingerprint density at radius 2 is 2.30 bits per heavy atom. The van der Waals surface area contributed by atoms with E-state index in [0.29, 0.717) is 32.8 Å². The minimum Gasteiger partial charge on any atom is -0.465 e. The van der Waals surface area contributed by atoms with Gasteiger partial charge in [0.15, 0.2) is 0 Å². The number of nitrogens with one attached hydrogen (secondary N) is 1. The van der Waals surface area contributed by atoms with Crippen molar-refractivity contribution in [1.82, 2.24) is 15.1 Å². The second kappa shape index (κ2) is 6.64. The lowest BCUT2D eigenvalue weighted by Crippen LogP contribution is -2.62. The smallest absolute Gasteiger partial charge is 0.407 e. The van der Waals surface area contributed by atoms with Crippen molar-refractivity contribution in [3.05, 3.63) is 0 Å². The first-order valence-electron chi connectivity index (χ1n) is 6.82. The lowest BCUT2D eigenvalue weighted by atomic mass is 10.1. The molecule has 2 fully saturated rings. The Bertz CT molecular complexity index is 346. The van der Waals surface area contributed by atoms with Gasteiger partial charge in [-0.2, -0.15) is 0 Å². The fraction of sp³-hybridized carbons (Fsp3) is 0.917. The summed E-state index contributed by atoms with van der Waals surface area (Å²) in [7, 11) is 0. The number of hydrogen-bond acceptors (Lipinski definition) is 4. The highest BCUT2D eigenvalue weighted by atomic mass is 19.3. The summed E-state index contributed by atoms with van der Waals surface area (Å²) in [4.78, 5) is 14.2. The first kappa shape index (κ1) is 15.4. The van der Waals surface area contributed by atoms with Crippen LogP contribution < -0.4 is 5.32 Å². The van der Waals surface area contributed by atoms with Gasteiger partial charge in [-0.3, -0.25) is 4.90 Å². The molecule has 2 heterocycles. The number of carboxylic acid groups (broad SMARTS) is 1. The molecule has 0 radical (unpaired) electrons. The molecule has 2 aliphatic heterocycles. The van der Waals surface area contributed by atoms with E-state index in [4.69, 9.17) is 9.84 Å². The lowest BCUT2D eigenvalue weighted by molar-refractivity contribution is -0.0754. The Morgan fingerprint density at radius 1 is 1.55 bits per heavy atom. The van der Waals surface area contributed by atoms with Gasteiger partial charge in [0.2, 0.25) is 0 Å². The number of morpholine rings is 1. The molecule has 20 heavy (non-hydrogen) atoms. The lowest BCUT2D eigenvalue weighted by Gasteiger charge is -2.42. The zero-order chi connectivity index (χ0) is 14.7. The molecule has 2 aliphatic rings. The van der Waals surface area contributed by atoms with E-state index in [0.717, 1.165) is 0 Å². The number of nitrogens with zero attached hydrogens (tertiary/aromatic N) is 2. The van der Waals surface area contributed by atoms with Crippen LogP contribution in [0.3, 0.4) is 0 Å². The van der Waals surface area contributed by atoms with Crippen molar-refractivity contribution < 1.29 is 23.4 Å². The van der Waals surface area contributed by atoms with Crippen LogP contribution in [0.2, 0.25) is 0 Å². The number of hydrogen-bond donors (Lipinski definition) is 2. The molecule has 1 amide bonds. The number of ether oxygens (including phenoxy) is 1. The largest absolute Gasteiger partial charge is 0.465 e. The molecule has 116 valence electrons. The van der Waals surface area contributed by atoms with E-state index in [1.807, 2.05) is 6.92 Å². The van der Waals surface area contributed by atoms with Crippen LogP contribution in [0.4, 0.5) is 13.6 Å². The summed E-state index contributed by atoms with van der Waals surface area (Å²) in [6.07, 6.45) is -3.41. The minimum absolute atomic E-state index is 0.0312. The number of amides is 1. The van der Waals surface area contributed by atoms with Crippen LogP contribution in [0, 0.1) is 0 Å². The van der Waals surface area contributed by atoms with Gasteiger partial charge in [-0.15, -0.1) is 0 Å². The normalized spacial score (nSPS) is 32.6. The molecule has 0 aromatic heterocycles. The monoisotopic (exact) mass is 293 g/mol. The summed E-state index contributed by atoms with van der Waals surface area (Å²) in [5, 5.41) is 12.3. The third-order valence-electron chi connectivity index (χ3n) is 3.92. The summed E-state index contributed by atoms with van der Waals surface area (Å²) < 4.78 is 31.0. The van der Waals surface area contributed by atoms with E-state index < -0.39 is 18.6 Å². The van der Waals surface area contributed by atoms with E-state index in [1.165, 1.54) is 4.90 Å². The molecular formula is C12H21F2N3O3. The number of rotatable bonds is 3. The molecule has 6 nitrogen and oxygen atoms in total. The van der Waals surface area contributed by atoms with Crippen LogP contribution in [0.1, 0.15) is 6.92 Å². The summed E-state index contributed by atoms with van der Waals surface area (Å²) in [6, 6.07) is -1.12. The van der Waals surface area contributed by atoms with Crippen molar-refractivity contribution in [2.75, 3.05) is 39.4 Å². The number of carbonyl (C=O) groups is 1. The molecule has 0 aliphatic carbocycles. The van der Waals surface area contributed by atoms with Gasteiger partial charge >= 0.3 is 6.09 Å². The van der Waals surface area contributed by atoms with Crippen molar-refractivity contribution in [2.45, 2.75) is 31.5 Å². The Labute approximate surface area is 116 Å². The summed E-state index contributed by atoms with van der Waals surface area (Å²) in [6.45, 7) is 4.03. The van der Waals surface area contributed by atoms with Gasteiger partial charge in [-0.1, -0.05) is 0 Å². The quantitative estimate of drug-likeness (QED) is 0.783. The van der Waals surface area contributed by atoms with Crippen LogP contribution in [0.15, 0.2) is 0 Å². The van der Waals surface area contributed by atoms with Crippen molar-refractivity contribution in [3.63, 3.8) is 0 Å². The Hall–Kier alpha value is -0.990. The third kappa shape index (κ3) is 3.56. The molecule has 0 aromatic carbocycles. The Kier molecular flexibility index (Phi) is 5.11. The van der Waals surface area contributed by atoms with Crippen molar-refractivity contribution in [3.8, 4) is 0 Å². The van der Waals surface area contributed by atoms with Crippen LogP contribution in [-0.2, 0) is 4.74 Å². The van der Waals surface area contributed by atoms with Gasteiger partial charge in [-0.25, -0.2) is 13.6 Å². The van der Waals surface area contributed by atoms with E-state index in [2.05, 4.69) is 5.32 Å². The van der Waals surface area contributed by atoms with Crippen LogP contribution in [0.5, 0.6) is 0 Å². The highest BCUT2D eigenvalue weighted by Crippen LogP contribution is 2.16. The van der Waals surface area contributed by atoms with E-state index in [9.17, 15) is 13.6 Å². The van der Waals surface area contributed by atoms with Gasteiger partial charge in [0.25, 0.3) is 6.43 Å². The zero-order valence-corrected chi connectivity index (χ0v) is 11.5. The maximum Gasteiger partial charge on any atom is 0.407 e. The number of alkyl halides is 2. The fourth-order valence-corrected chi connectivity index (χ4v) is 2.72. The highest BCUT2D eigenvalue weighted by Gasteiger charge is 2.35. The standard InChI is InChI=1S/C12H21F2N3O3/c1-8-4-15-9(6-17(8)12(18)19)5-16-2-3-20-7-10(16)11(13)14/h8-11,15H,2-7H2,1H3,(H,18,19)/t8-,9+,10?/m1/s1. The molecule has 0 saturated carbocycles. The molecular weight excluding hydrogens is 272 g/mol. The molecule has 3 atom stereocenters. The molecule has 2 N–H and O–H groups in total. The SMILES string of the molecule is C[C@@H]1CN[C@@H](CN2CCOCC2C(F)F)CN1C(=O)O. The maximum atomic E-state index is 12.9. The molecule has 0 spiro atoms. The van der Waals surface area contributed by atoms with Gasteiger partial charge in [0, 0.05) is 38.3 Å². The highest BCUT2D eigenvalue weighted by molar-refractivity contribution is 5.65. The number of halogens is 2. The van der Waals surface area contributed by atoms with Crippen LogP contribution in [0.25, 0.3) is 0 Å². The summed E-state index contributed by atoms with van der Waals surface area (Å²) in [5.74, 6) is 0. The average Bonchev–Trinajstić information content (AvgIpc) is 2.41. The maximum absolute atomic E-state index is 12.9. The molecule has 8 heteroatoms. The fourth-order valence-electron chi connectivity index (χ4n) is 2.72. The Morgan fingerprint density at radius 3 is 2.95 bits per heavy atom. The average molecular weight is 293 g/mol. The molecule has 2 rings (SSSR count). The van der Waals surface area contributed by atoms with Gasteiger partial charge in [-0.05, 0) is 6.92 Å². The first-order valence-corrected chi connectivity index (χ1v) is 6.82. The number of piperazine rings is 1. The van der Waals surface area contributed by atoms with Gasteiger partial charge in [0.05, 0.1) is 19.3 Å². The van der Waals surface area contributed by atoms with Crippen molar-refractivity contribution in [1.29, 1.82) is 0 Å². The van der Waals surface area contributed by atoms with Crippen molar-refractivity contribution >= 4 is 6.09 Å². The van der Waals surface area contributed by atoms with Gasteiger partial charge in [0.1, 0.15) is 0 Å². The molecule has 1 unspecified atom stereocenters. The molecule has 0 bridgehead atoms. The zero-order valence-electron chi connectivity index (χ0n) is 11.5. The second-order valence-corrected chi connectivity index (χ2v) is 5.36. The van der Waals surface area contributed by atoms with E-state index >= 15 is 0 Å². The molecule has 2 saturated heterocycles. The first-order chi connectivity index (χ1) is 9.49. The summed E-state index contributed by atoms with van der Waals surface area (Å²) >= 11 is 0. The van der Waals surface area contributed by atoms with E-state index in [1.54, 1.807) is 4.90 Å². The van der Waals surface area contributed by atoms with Crippen molar-refractivity contribution in [2.24, 2.45) is 0 Å².